The zero-order valence-corrected chi connectivity index (χ0v) is 22.9. The van der Waals surface area contributed by atoms with E-state index in [4.69, 9.17) is 21.1 Å². The number of ketones is 1. The van der Waals surface area contributed by atoms with Crippen LogP contribution in [0.2, 0.25) is 5.02 Å². The number of carbonyl (C=O) groups is 2. The van der Waals surface area contributed by atoms with Crippen molar-refractivity contribution in [3.63, 3.8) is 0 Å². The fourth-order valence-corrected chi connectivity index (χ4v) is 6.60. The van der Waals surface area contributed by atoms with Crippen molar-refractivity contribution in [3.8, 4) is 11.5 Å². The number of anilines is 1. The minimum atomic E-state index is -1.07. The molecular formula is C28H19ClFN3O5S2. The molecule has 1 amide bonds. The van der Waals surface area contributed by atoms with E-state index in [2.05, 4.69) is 10.2 Å². The normalized spacial score (nSPS) is 17.9. The number of ether oxygens (including phenoxy) is 2. The average molecular weight is 596 g/mol. The first-order valence-corrected chi connectivity index (χ1v) is 14.2. The molecule has 2 aliphatic heterocycles. The quantitative estimate of drug-likeness (QED) is 0.0949. The second-order valence-electron chi connectivity index (χ2n) is 8.81. The molecule has 0 aliphatic carbocycles. The lowest BCUT2D eigenvalue weighted by Gasteiger charge is -2.23. The molecule has 3 aromatic carbocycles. The lowest BCUT2D eigenvalue weighted by Crippen LogP contribution is -2.29. The van der Waals surface area contributed by atoms with E-state index in [1.807, 2.05) is 18.2 Å². The predicted octanol–water partition coefficient (Wildman–Crippen LogP) is 6.02. The highest BCUT2D eigenvalue weighted by atomic mass is 35.5. The van der Waals surface area contributed by atoms with Crippen LogP contribution in [0.1, 0.15) is 22.7 Å². The molecule has 0 spiro atoms. The van der Waals surface area contributed by atoms with Crippen LogP contribution in [0.4, 0.5) is 9.52 Å². The number of aliphatic hydroxyl groups excluding tert-OH is 1. The molecule has 12 heteroatoms. The first-order chi connectivity index (χ1) is 19.4. The van der Waals surface area contributed by atoms with E-state index < -0.39 is 29.3 Å². The lowest BCUT2D eigenvalue weighted by molar-refractivity contribution is -0.132. The molecule has 202 valence electrons. The molecule has 1 unspecified atom stereocenters. The third-order valence-corrected chi connectivity index (χ3v) is 8.83. The Kier molecular flexibility index (Phi) is 7.18. The number of aliphatic hydroxyl groups is 1. The standard InChI is InChI=1S/C28H19ClFN3O5S2/c29-19-4-2-1-3-17(19)14-39-28-32-31-27(40-28)33-23(15-5-8-18(30)9-6-15)22(25(35)26(33)36)24(34)16-7-10-20-21(13-16)38-12-11-37-20/h1-10,13,23,34H,11-12,14H2/b24-22+. The largest absolute Gasteiger partial charge is 0.507 e. The number of thioether (sulfide) groups is 1. The molecule has 1 aromatic heterocycles. The highest BCUT2D eigenvalue weighted by Crippen LogP contribution is 2.45. The third kappa shape index (κ3) is 4.91. The zero-order chi connectivity index (χ0) is 27.8. The Balaban J connectivity index is 1.39. The molecule has 0 saturated carbocycles. The molecule has 40 heavy (non-hydrogen) atoms. The van der Waals surface area contributed by atoms with Gasteiger partial charge in [0.05, 0.1) is 11.6 Å². The van der Waals surface area contributed by atoms with Crippen LogP contribution in [0.25, 0.3) is 5.76 Å². The second kappa shape index (κ2) is 10.9. The van der Waals surface area contributed by atoms with Crippen LogP contribution in [0.3, 0.4) is 0 Å². The topological polar surface area (TPSA) is 102 Å². The van der Waals surface area contributed by atoms with Gasteiger partial charge in [0.1, 0.15) is 24.8 Å². The number of amides is 1. The third-order valence-electron chi connectivity index (χ3n) is 6.36. The molecule has 4 aromatic rings. The van der Waals surface area contributed by atoms with Gasteiger partial charge in [0, 0.05) is 16.3 Å². The minimum Gasteiger partial charge on any atom is -0.507 e. The summed E-state index contributed by atoms with van der Waals surface area (Å²) in [5.74, 6) is -1.22. The van der Waals surface area contributed by atoms with E-state index in [1.165, 1.54) is 40.9 Å². The molecule has 0 radical (unpaired) electrons. The molecule has 3 heterocycles. The van der Waals surface area contributed by atoms with Gasteiger partial charge in [-0.1, -0.05) is 65.0 Å². The highest BCUT2D eigenvalue weighted by molar-refractivity contribution is 8.00. The molecule has 8 nitrogen and oxygen atoms in total. The van der Waals surface area contributed by atoms with Crippen molar-refractivity contribution < 1.29 is 28.6 Å². The summed E-state index contributed by atoms with van der Waals surface area (Å²) in [6, 6.07) is 16.5. The van der Waals surface area contributed by atoms with E-state index in [1.54, 1.807) is 24.3 Å². The summed E-state index contributed by atoms with van der Waals surface area (Å²) in [6.45, 7) is 0.736. The van der Waals surface area contributed by atoms with Gasteiger partial charge >= 0.3 is 5.91 Å². The SMILES string of the molecule is O=C1C(=O)N(c2nnc(SCc3ccccc3Cl)s2)C(c2ccc(F)cc2)/C1=C(\O)c1ccc2c(c1)OCCO2. The van der Waals surface area contributed by atoms with Crippen LogP contribution < -0.4 is 14.4 Å². The van der Waals surface area contributed by atoms with Gasteiger partial charge in [-0.3, -0.25) is 14.5 Å². The van der Waals surface area contributed by atoms with Crippen LogP contribution in [0.15, 0.2) is 76.6 Å². The maximum absolute atomic E-state index is 13.8. The average Bonchev–Trinajstić information content (AvgIpc) is 3.54. The number of benzene rings is 3. The summed E-state index contributed by atoms with van der Waals surface area (Å²) >= 11 is 8.77. The summed E-state index contributed by atoms with van der Waals surface area (Å²) in [7, 11) is 0. The van der Waals surface area contributed by atoms with Crippen molar-refractivity contribution in [2.45, 2.75) is 16.1 Å². The number of hydrogen-bond donors (Lipinski definition) is 1. The number of Topliss-reactive ketones (excluding diaryl/α,β-unsaturated/α-hetero) is 1. The van der Waals surface area contributed by atoms with E-state index in [-0.39, 0.29) is 16.3 Å². The molecular weight excluding hydrogens is 577 g/mol. The molecule has 1 atom stereocenters. The Morgan fingerprint density at radius 2 is 1.80 bits per heavy atom. The summed E-state index contributed by atoms with van der Waals surface area (Å²) in [4.78, 5) is 28.0. The maximum atomic E-state index is 13.8. The minimum absolute atomic E-state index is 0.159. The van der Waals surface area contributed by atoms with Crippen molar-refractivity contribution in [1.82, 2.24) is 10.2 Å². The van der Waals surface area contributed by atoms with Gasteiger partial charge < -0.3 is 14.6 Å². The van der Waals surface area contributed by atoms with Crippen molar-refractivity contribution in [2.24, 2.45) is 0 Å². The monoisotopic (exact) mass is 595 g/mol. The van der Waals surface area contributed by atoms with Crippen molar-refractivity contribution in [3.05, 3.63) is 99.8 Å². The second-order valence-corrected chi connectivity index (χ2v) is 11.4. The Morgan fingerprint density at radius 3 is 2.58 bits per heavy atom. The van der Waals surface area contributed by atoms with Crippen LogP contribution in [-0.4, -0.2) is 40.2 Å². The fourth-order valence-electron chi connectivity index (χ4n) is 4.45. The van der Waals surface area contributed by atoms with Crippen LogP contribution in [-0.2, 0) is 15.3 Å². The van der Waals surface area contributed by atoms with Gasteiger partial charge in [-0.15, -0.1) is 10.2 Å². The van der Waals surface area contributed by atoms with Crippen molar-refractivity contribution in [1.29, 1.82) is 0 Å². The molecule has 6 rings (SSSR count). The van der Waals surface area contributed by atoms with Gasteiger partial charge in [0.15, 0.2) is 15.8 Å². The first kappa shape index (κ1) is 26.3. The van der Waals surface area contributed by atoms with E-state index in [0.29, 0.717) is 45.4 Å². The molecule has 1 N–H and O–H groups in total. The Hall–Kier alpha value is -3.93. The van der Waals surface area contributed by atoms with Gasteiger partial charge in [-0.05, 0) is 47.5 Å². The Morgan fingerprint density at radius 1 is 1.05 bits per heavy atom. The summed E-state index contributed by atoms with van der Waals surface area (Å²) in [6.07, 6.45) is 0. The van der Waals surface area contributed by atoms with Gasteiger partial charge in [-0.25, -0.2) is 4.39 Å². The number of hydrogen-bond acceptors (Lipinski definition) is 9. The highest BCUT2D eigenvalue weighted by Gasteiger charge is 2.48. The molecule has 2 aliphatic rings. The molecule has 1 fully saturated rings. The number of rotatable bonds is 6. The Labute approximate surface area is 241 Å². The van der Waals surface area contributed by atoms with Crippen LogP contribution >= 0.6 is 34.7 Å². The van der Waals surface area contributed by atoms with E-state index in [9.17, 15) is 19.1 Å². The van der Waals surface area contributed by atoms with Crippen LogP contribution in [0.5, 0.6) is 11.5 Å². The van der Waals surface area contributed by atoms with E-state index >= 15 is 0 Å². The number of carbonyl (C=O) groups excluding carboxylic acids is 2. The zero-order valence-electron chi connectivity index (χ0n) is 20.5. The first-order valence-electron chi connectivity index (χ1n) is 12.1. The van der Waals surface area contributed by atoms with Crippen LogP contribution in [0, 0.1) is 5.82 Å². The summed E-state index contributed by atoms with van der Waals surface area (Å²) in [5.41, 5.74) is 1.44. The summed E-state index contributed by atoms with van der Waals surface area (Å²) in [5, 5.41) is 20.5. The number of fused-ring (bicyclic) bond motifs is 1. The van der Waals surface area contributed by atoms with Crippen molar-refractivity contribution in [2.75, 3.05) is 18.1 Å². The van der Waals surface area contributed by atoms with Gasteiger partial charge in [-0.2, -0.15) is 0 Å². The predicted molar refractivity (Wildman–Crippen MR) is 150 cm³/mol. The van der Waals surface area contributed by atoms with Gasteiger partial charge in [0.2, 0.25) is 5.13 Å². The summed E-state index contributed by atoms with van der Waals surface area (Å²) < 4.78 is 25.5. The maximum Gasteiger partial charge on any atom is 0.301 e. The smallest absolute Gasteiger partial charge is 0.301 e. The van der Waals surface area contributed by atoms with E-state index in [0.717, 1.165) is 16.9 Å². The number of aromatic nitrogens is 2. The molecule has 0 bridgehead atoms. The van der Waals surface area contributed by atoms with Crippen molar-refractivity contribution >= 4 is 57.3 Å². The lowest BCUT2D eigenvalue weighted by atomic mass is 9.95. The van der Waals surface area contributed by atoms with Gasteiger partial charge in [0.25, 0.3) is 5.78 Å². The fraction of sp³-hybridized carbons (Fsp3) is 0.143. The number of halogens is 2. The molecule has 1 saturated heterocycles. The Bertz CT molecular complexity index is 1660. The number of nitrogens with zero attached hydrogens (tertiary/aromatic N) is 3.